The number of benzene rings is 1. The third-order valence-electron chi connectivity index (χ3n) is 6.63. The molecular weight excluding hydrogens is 444 g/mol. The van der Waals surface area contributed by atoms with Crippen molar-refractivity contribution in [3.8, 4) is 11.3 Å². The van der Waals surface area contributed by atoms with Gasteiger partial charge in [-0.15, -0.1) is 0 Å². The number of carbonyl (C=O) groups is 1. The maximum absolute atomic E-state index is 13.0. The number of aromatic nitrogens is 3. The smallest absolute Gasteiger partial charge is 0.278 e. The van der Waals surface area contributed by atoms with Crippen LogP contribution in [0.15, 0.2) is 47.9 Å². The molecule has 0 spiro atoms. The van der Waals surface area contributed by atoms with Gasteiger partial charge in [0.2, 0.25) is 0 Å². The minimum atomic E-state index is -1.31. The Kier molecular flexibility index (Phi) is 5.90. The third-order valence-corrected chi connectivity index (χ3v) is 6.63. The van der Waals surface area contributed by atoms with Crippen LogP contribution in [0.25, 0.3) is 22.3 Å². The van der Waals surface area contributed by atoms with Crippen molar-refractivity contribution in [2.24, 2.45) is 10.4 Å². The number of nitrogens with one attached hydrogen (secondary N) is 2. The summed E-state index contributed by atoms with van der Waals surface area (Å²) in [6, 6.07) is 8.28. The number of fused-ring (bicyclic) bond motifs is 1. The molecule has 1 amide bonds. The zero-order chi connectivity index (χ0) is 24.6. The van der Waals surface area contributed by atoms with E-state index in [4.69, 9.17) is 9.57 Å². The molecule has 9 heteroatoms. The Morgan fingerprint density at radius 3 is 2.80 bits per heavy atom. The number of hydrogen-bond acceptors (Lipinski definition) is 7. The summed E-state index contributed by atoms with van der Waals surface area (Å²) in [5.74, 6) is -0.282. The number of rotatable bonds is 5. The van der Waals surface area contributed by atoms with E-state index in [9.17, 15) is 4.79 Å². The third kappa shape index (κ3) is 4.21. The minimum absolute atomic E-state index is 0.282. The number of nitrogens with zero attached hydrogens (tertiary/aromatic N) is 4. The lowest BCUT2D eigenvalue weighted by Crippen LogP contribution is -2.55. The molecule has 4 heterocycles. The fourth-order valence-electron chi connectivity index (χ4n) is 4.50. The molecule has 9 nitrogen and oxygen atoms in total. The molecule has 0 bridgehead atoms. The van der Waals surface area contributed by atoms with Crippen molar-refractivity contribution in [3.05, 3.63) is 59.6 Å². The number of hydroxylamine groups is 1. The highest BCUT2D eigenvalue weighted by molar-refractivity contribution is 5.88. The average molecular weight is 475 g/mol. The van der Waals surface area contributed by atoms with Crippen molar-refractivity contribution in [1.82, 2.24) is 25.4 Å². The molecule has 3 aromatic rings. The molecule has 2 aliphatic heterocycles. The number of carbonyl (C=O) groups excluding carboxylic acids is 1. The van der Waals surface area contributed by atoms with E-state index in [1.165, 1.54) is 11.9 Å². The zero-order valence-electron chi connectivity index (χ0n) is 20.5. The number of aliphatic imine (C=N–C) groups is 1. The van der Waals surface area contributed by atoms with E-state index in [0.717, 1.165) is 46.5 Å². The Morgan fingerprint density at radius 2 is 2.11 bits per heavy atom. The van der Waals surface area contributed by atoms with E-state index in [1.54, 1.807) is 6.33 Å². The van der Waals surface area contributed by atoms with Crippen LogP contribution >= 0.6 is 0 Å². The van der Waals surface area contributed by atoms with Gasteiger partial charge in [0.1, 0.15) is 12.7 Å². The summed E-state index contributed by atoms with van der Waals surface area (Å²) in [4.78, 5) is 27.5. The average Bonchev–Trinajstić information content (AvgIpc) is 3.52. The Labute approximate surface area is 204 Å². The lowest BCUT2D eigenvalue weighted by atomic mass is 9.82. The number of aryl methyl sites for hydroxylation is 1. The van der Waals surface area contributed by atoms with Gasteiger partial charge in [0.15, 0.2) is 0 Å². The summed E-state index contributed by atoms with van der Waals surface area (Å²) in [5, 5.41) is 7.40. The van der Waals surface area contributed by atoms with Crippen molar-refractivity contribution in [2.45, 2.75) is 46.4 Å². The van der Waals surface area contributed by atoms with Gasteiger partial charge in [-0.05, 0) is 47.7 Å². The molecule has 0 fully saturated rings. The predicted molar refractivity (Wildman–Crippen MR) is 133 cm³/mol. The van der Waals surface area contributed by atoms with Crippen molar-refractivity contribution in [1.29, 1.82) is 0 Å². The molecule has 0 saturated heterocycles. The quantitative estimate of drug-likeness (QED) is 0.588. The Hall–Kier alpha value is -3.56. The van der Waals surface area contributed by atoms with Crippen molar-refractivity contribution < 1.29 is 14.4 Å². The highest BCUT2D eigenvalue weighted by Gasteiger charge is 2.52. The van der Waals surface area contributed by atoms with Crippen LogP contribution in [0.4, 0.5) is 0 Å². The molecule has 1 atom stereocenters. The van der Waals surface area contributed by atoms with E-state index in [1.807, 2.05) is 50.5 Å². The van der Waals surface area contributed by atoms with Gasteiger partial charge in [0.05, 0.1) is 24.4 Å². The molecule has 0 radical (unpaired) electrons. The first-order valence-electron chi connectivity index (χ1n) is 11.7. The Morgan fingerprint density at radius 1 is 1.26 bits per heavy atom. The van der Waals surface area contributed by atoms with Gasteiger partial charge >= 0.3 is 0 Å². The van der Waals surface area contributed by atoms with Crippen LogP contribution in [-0.4, -0.2) is 45.8 Å². The van der Waals surface area contributed by atoms with Gasteiger partial charge in [-0.3, -0.25) is 10.3 Å². The second-order valence-corrected chi connectivity index (χ2v) is 9.92. The summed E-state index contributed by atoms with van der Waals surface area (Å²) in [7, 11) is 0. The van der Waals surface area contributed by atoms with Gasteiger partial charge in [-0.25, -0.2) is 19.3 Å². The summed E-state index contributed by atoms with van der Waals surface area (Å²) >= 11 is 0. The van der Waals surface area contributed by atoms with Crippen LogP contribution in [0.1, 0.15) is 43.9 Å². The van der Waals surface area contributed by atoms with Crippen molar-refractivity contribution in [2.75, 3.05) is 13.2 Å². The standard InChI is InChI=1S/C26H30N6O3/c1-17-11-19(5-6-20(17)13-27-24(33)26(25(2,3)4)29-16-31-35-26)23-22-12-21(14-32(22)30-15-28-23)18-7-9-34-10-8-18/h5-7,11-12,14-16H,8-10,13H2,1-4H3,(H,27,33)(H,29,31). The summed E-state index contributed by atoms with van der Waals surface area (Å²) < 4.78 is 7.32. The van der Waals surface area contributed by atoms with Gasteiger partial charge in [0, 0.05) is 23.7 Å². The molecule has 0 aliphatic carbocycles. The fourth-order valence-corrected chi connectivity index (χ4v) is 4.50. The SMILES string of the molecule is Cc1cc(-c2ncnn3cc(C4=CCOCC4)cc23)ccc1CNC(=O)C1(C(C)(C)C)N=CNO1. The number of hydrogen-bond donors (Lipinski definition) is 2. The minimum Gasteiger partial charge on any atom is -0.377 e. The van der Waals surface area contributed by atoms with Crippen LogP contribution in [0, 0.1) is 12.3 Å². The predicted octanol–water partition coefficient (Wildman–Crippen LogP) is 3.43. The Balaban J connectivity index is 1.38. The van der Waals surface area contributed by atoms with Crippen LogP contribution in [0.3, 0.4) is 0 Å². The topological polar surface area (TPSA) is 102 Å². The first-order chi connectivity index (χ1) is 16.8. The van der Waals surface area contributed by atoms with Crippen LogP contribution < -0.4 is 10.8 Å². The normalized spacial score (nSPS) is 20.1. The molecule has 0 saturated carbocycles. The number of ether oxygens (including phenoxy) is 1. The second-order valence-electron chi connectivity index (χ2n) is 9.92. The maximum Gasteiger partial charge on any atom is 0.278 e. The van der Waals surface area contributed by atoms with Crippen molar-refractivity contribution in [3.63, 3.8) is 0 Å². The zero-order valence-corrected chi connectivity index (χ0v) is 20.5. The molecule has 5 rings (SSSR count). The van der Waals surface area contributed by atoms with E-state index in [-0.39, 0.29) is 5.91 Å². The van der Waals surface area contributed by atoms with Gasteiger partial charge in [-0.2, -0.15) is 5.10 Å². The Bertz CT molecular complexity index is 1340. The largest absolute Gasteiger partial charge is 0.377 e. The first kappa shape index (κ1) is 23.2. The lowest BCUT2D eigenvalue weighted by Gasteiger charge is -2.35. The summed E-state index contributed by atoms with van der Waals surface area (Å²) in [6.45, 7) is 9.54. The molecule has 2 aromatic heterocycles. The fraction of sp³-hybridized carbons (Fsp3) is 0.385. The summed E-state index contributed by atoms with van der Waals surface area (Å²) in [5.41, 5.74) is 8.06. The maximum atomic E-state index is 13.0. The lowest BCUT2D eigenvalue weighted by molar-refractivity contribution is -0.166. The molecule has 1 aromatic carbocycles. The van der Waals surface area contributed by atoms with Crippen LogP contribution in [0.5, 0.6) is 0 Å². The van der Waals surface area contributed by atoms with E-state index >= 15 is 0 Å². The molecule has 35 heavy (non-hydrogen) atoms. The van der Waals surface area contributed by atoms with Gasteiger partial charge < -0.3 is 10.1 Å². The molecule has 182 valence electrons. The monoisotopic (exact) mass is 474 g/mol. The van der Waals surface area contributed by atoms with Gasteiger partial charge in [-0.1, -0.05) is 39.0 Å². The van der Waals surface area contributed by atoms with Crippen LogP contribution in [-0.2, 0) is 20.9 Å². The van der Waals surface area contributed by atoms with Gasteiger partial charge in [0.25, 0.3) is 11.6 Å². The highest BCUT2D eigenvalue weighted by atomic mass is 16.7. The molecule has 2 N–H and O–H groups in total. The highest BCUT2D eigenvalue weighted by Crippen LogP contribution is 2.36. The summed E-state index contributed by atoms with van der Waals surface area (Å²) in [6.07, 6.45) is 8.05. The van der Waals surface area contributed by atoms with E-state index in [0.29, 0.717) is 13.2 Å². The van der Waals surface area contributed by atoms with Crippen LogP contribution in [0.2, 0.25) is 0 Å². The molecule has 1 unspecified atom stereocenters. The number of amides is 1. The molecular formula is C26H30N6O3. The first-order valence-corrected chi connectivity index (χ1v) is 11.7. The molecule has 2 aliphatic rings. The van der Waals surface area contributed by atoms with E-state index < -0.39 is 11.1 Å². The second kappa shape index (κ2) is 8.90. The van der Waals surface area contributed by atoms with E-state index in [2.05, 4.69) is 44.1 Å². The van der Waals surface area contributed by atoms with Crippen molar-refractivity contribution >= 4 is 23.3 Å².